The molecule has 0 unspecified atom stereocenters. The van der Waals surface area contributed by atoms with Crippen LogP contribution in [0.2, 0.25) is 0 Å². The number of aliphatic hydroxyl groups is 1. The van der Waals surface area contributed by atoms with E-state index in [-0.39, 0.29) is 12.6 Å². The van der Waals surface area contributed by atoms with Crippen molar-refractivity contribution in [2.24, 2.45) is 5.41 Å². The Morgan fingerprint density at radius 1 is 1.00 bits per heavy atom. The van der Waals surface area contributed by atoms with Crippen LogP contribution in [0.3, 0.4) is 0 Å². The summed E-state index contributed by atoms with van der Waals surface area (Å²) in [5, 5.41) is 18.1. The Kier molecular flexibility index (Phi) is 5.05. The lowest BCUT2D eigenvalue weighted by Gasteiger charge is -2.41. The van der Waals surface area contributed by atoms with Crippen molar-refractivity contribution < 1.29 is 19.8 Å². The number of β-amino-alcohol motifs (C(OH)–C–C–N with tert-alkyl or cyclic N) is 1. The predicted molar refractivity (Wildman–Crippen MR) is 77.0 cm³/mol. The van der Waals surface area contributed by atoms with Crippen molar-refractivity contribution in [3.8, 4) is 0 Å². The molecule has 0 aromatic carbocycles. The minimum Gasteiger partial charge on any atom is -0.481 e. The summed E-state index contributed by atoms with van der Waals surface area (Å²) in [6.45, 7) is 6.50. The number of rotatable bonds is 3. The average molecular weight is 299 g/mol. The molecule has 2 aliphatic heterocycles. The van der Waals surface area contributed by atoms with E-state index in [0.29, 0.717) is 45.6 Å². The molecule has 0 aromatic heterocycles. The van der Waals surface area contributed by atoms with Crippen LogP contribution in [0.25, 0.3) is 0 Å². The Balaban J connectivity index is 1.82. The minimum atomic E-state index is -0.771. The van der Waals surface area contributed by atoms with E-state index in [4.69, 9.17) is 5.11 Å². The molecule has 21 heavy (non-hydrogen) atoms. The van der Waals surface area contributed by atoms with Gasteiger partial charge >= 0.3 is 12.0 Å². The molecule has 120 valence electrons. The van der Waals surface area contributed by atoms with Gasteiger partial charge in [-0.05, 0) is 19.8 Å². The van der Waals surface area contributed by atoms with Crippen LogP contribution in [0.4, 0.5) is 4.79 Å². The molecule has 0 bridgehead atoms. The third-order valence-electron chi connectivity index (χ3n) is 4.71. The first kappa shape index (κ1) is 16.0. The summed E-state index contributed by atoms with van der Waals surface area (Å²) in [5.41, 5.74) is -0.698. The van der Waals surface area contributed by atoms with E-state index in [0.717, 1.165) is 13.1 Å². The number of carboxylic acid groups (broad SMARTS) is 1. The molecule has 7 heteroatoms. The van der Waals surface area contributed by atoms with E-state index >= 15 is 0 Å². The minimum absolute atomic E-state index is 0.0195. The highest BCUT2D eigenvalue weighted by Crippen LogP contribution is 2.31. The van der Waals surface area contributed by atoms with Crippen LogP contribution in [0, 0.1) is 5.41 Å². The maximum absolute atomic E-state index is 12.4. The van der Waals surface area contributed by atoms with E-state index in [1.54, 1.807) is 11.8 Å². The smallest absolute Gasteiger partial charge is 0.320 e. The van der Waals surface area contributed by atoms with Gasteiger partial charge in [-0.2, -0.15) is 0 Å². The number of carbonyl (C=O) groups excluding carboxylic acids is 1. The van der Waals surface area contributed by atoms with Gasteiger partial charge in [-0.15, -0.1) is 0 Å². The van der Waals surface area contributed by atoms with Crippen molar-refractivity contribution >= 4 is 12.0 Å². The number of aliphatic carboxylic acids is 1. The van der Waals surface area contributed by atoms with Crippen LogP contribution in [-0.2, 0) is 4.79 Å². The van der Waals surface area contributed by atoms with Gasteiger partial charge in [0, 0.05) is 45.8 Å². The zero-order valence-electron chi connectivity index (χ0n) is 12.6. The average Bonchev–Trinajstić information content (AvgIpc) is 2.48. The lowest BCUT2D eigenvalue weighted by molar-refractivity contribution is -0.150. The summed E-state index contributed by atoms with van der Waals surface area (Å²) >= 11 is 0. The molecule has 2 N–H and O–H groups in total. The van der Waals surface area contributed by atoms with E-state index in [9.17, 15) is 14.7 Å². The van der Waals surface area contributed by atoms with Crippen molar-refractivity contribution in [3.05, 3.63) is 0 Å². The Morgan fingerprint density at radius 3 is 2.00 bits per heavy atom. The Bertz CT molecular complexity index is 386. The molecule has 0 saturated carbocycles. The molecule has 7 nitrogen and oxygen atoms in total. The van der Waals surface area contributed by atoms with Crippen molar-refractivity contribution in [3.63, 3.8) is 0 Å². The monoisotopic (exact) mass is 299 g/mol. The number of hydrogen-bond acceptors (Lipinski definition) is 4. The fourth-order valence-electron chi connectivity index (χ4n) is 2.91. The number of aliphatic hydroxyl groups excluding tert-OH is 1. The van der Waals surface area contributed by atoms with Gasteiger partial charge in [-0.1, -0.05) is 0 Å². The third-order valence-corrected chi connectivity index (χ3v) is 4.71. The van der Waals surface area contributed by atoms with E-state index < -0.39 is 11.4 Å². The molecule has 0 aromatic rings. The van der Waals surface area contributed by atoms with Crippen LogP contribution >= 0.6 is 0 Å². The van der Waals surface area contributed by atoms with Crippen LogP contribution in [-0.4, -0.2) is 89.3 Å². The van der Waals surface area contributed by atoms with E-state index in [1.807, 2.05) is 4.90 Å². The standard InChI is InChI=1S/C14H25N3O4/c1-14(12(19)20)2-4-16(5-3-14)13(21)17-8-6-15(7-9-17)10-11-18/h18H,2-11H2,1H3,(H,19,20). The molecule has 2 aliphatic rings. The van der Waals surface area contributed by atoms with Gasteiger partial charge in [0.05, 0.1) is 12.0 Å². The number of carboxylic acids is 1. The zero-order chi connectivity index (χ0) is 15.5. The van der Waals surface area contributed by atoms with Gasteiger partial charge in [0.1, 0.15) is 0 Å². The van der Waals surface area contributed by atoms with Crippen LogP contribution in [0.5, 0.6) is 0 Å². The van der Waals surface area contributed by atoms with Crippen molar-refractivity contribution in [1.29, 1.82) is 0 Å². The molecule has 0 aliphatic carbocycles. The quantitative estimate of drug-likeness (QED) is 0.760. The van der Waals surface area contributed by atoms with Crippen LogP contribution in [0.1, 0.15) is 19.8 Å². The normalized spacial score (nSPS) is 23.1. The Hall–Kier alpha value is -1.34. The maximum Gasteiger partial charge on any atom is 0.320 e. The predicted octanol–water partition coefficient (Wildman–Crippen LogP) is -0.0970. The number of hydrogen-bond donors (Lipinski definition) is 2. The first-order chi connectivity index (χ1) is 9.96. The Morgan fingerprint density at radius 2 is 1.52 bits per heavy atom. The van der Waals surface area contributed by atoms with Crippen molar-refractivity contribution in [2.45, 2.75) is 19.8 Å². The summed E-state index contributed by atoms with van der Waals surface area (Å²) in [7, 11) is 0. The molecular weight excluding hydrogens is 274 g/mol. The second-order valence-corrected chi connectivity index (χ2v) is 6.19. The fraction of sp³-hybridized carbons (Fsp3) is 0.857. The van der Waals surface area contributed by atoms with E-state index in [1.165, 1.54) is 0 Å². The molecule has 2 heterocycles. The molecule has 2 fully saturated rings. The number of piperidine rings is 1. The largest absolute Gasteiger partial charge is 0.481 e. The number of amides is 2. The zero-order valence-corrected chi connectivity index (χ0v) is 12.6. The summed E-state index contributed by atoms with van der Waals surface area (Å²) in [6, 6.07) is 0.0195. The highest BCUT2D eigenvalue weighted by molar-refractivity contribution is 5.77. The molecule has 0 spiro atoms. The molecular formula is C14H25N3O4. The molecule has 2 rings (SSSR count). The van der Waals surface area contributed by atoms with Gasteiger partial charge < -0.3 is 20.0 Å². The van der Waals surface area contributed by atoms with Gasteiger partial charge in [-0.25, -0.2) is 4.79 Å². The van der Waals surface area contributed by atoms with Gasteiger partial charge in [0.2, 0.25) is 0 Å². The number of urea groups is 1. The molecule has 2 amide bonds. The van der Waals surface area contributed by atoms with Crippen molar-refractivity contribution in [1.82, 2.24) is 14.7 Å². The van der Waals surface area contributed by atoms with Crippen LogP contribution in [0.15, 0.2) is 0 Å². The first-order valence-electron chi connectivity index (χ1n) is 7.57. The van der Waals surface area contributed by atoms with Gasteiger partial charge in [-0.3, -0.25) is 9.69 Å². The molecule has 2 saturated heterocycles. The molecule has 0 radical (unpaired) electrons. The highest BCUT2D eigenvalue weighted by Gasteiger charge is 2.39. The maximum atomic E-state index is 12.4. The topological polar surface area (TPSA) is 84.3 Å². The summed E-state index contributed by atoms with van der Waals surface area (Å²) < 4.78 is 0. The van der Waals surface area contributed by atoms with E-state index in [2.05, 4.69) is 4.90 Å². The summed E-state index contributed by atoms with van der Waals surface area (Å²) in [6.07, 6.45) is 1.02. The number of carbonyl (C=O) groups is 2. The highest BCUT2D eigenvalue weighted by atomic mass is 16.4. The number of likely N-dealkylation sites (tertiary alicyclic amines) is 1. The van der Waals surface area contributed by atoms with Crippen molar-refractivity contribution in [2.75, 3.05) is 52.4 Å². The SMILES string of the molecule is CC1(C(=O)O)CCN(C(=O)N2CCN(CCO)CC2)CC1. The van der Waals surface area contributed by atoms with Gasteiger partial charge in [0.25, 0.3) is 0 Å². The second-order valence-electron chi connectivity index (χ2n) is 6.19. The second kappa shape index (κ2) is 6.62. The van der Waals surface area contributed by atoms with Gasteiger partial charge in [0.15, 0.2) is 0 Å². The lowest BCUT2D eigenvalue weighted by Crippen LogP contribution is -2.55. The van der Waals surface area contributed by atoms with Crippen LogP contribution < -0.4 is 0 Å². The number of piperazine rings is 1. The summed E-state index contributed by atoms with van der Waals surface area (Å²) in [5.74, 6) is -0.771. The first-order valence-corrected chi connectivity index (χ1v) is 7.57. The Labute approximate surface area is 125 Å². The fourth-order valence-corrected chi connectivity index (χ4v) is 2.91. The summed E-state index contributed by atoms with van der Waals surface area (Å²) in [4.78, 5) is 29.4. The molecule has 0 atom stereocenters. The third kappa shape index (κ3) is 3.65. The number of nitrogens with zero attached hydrogens (tertiary/aromatic N) is 3. The lowest BCUT2D eigenvalue weighted by atomic mass is 9.80.